The van der Waals surface area contributed by atoms with Gasteiger partial charge in [-0.3, -0.25) is 9.69 Å². The lowest BCUT2D eigenvalue weighted by Gasteiger charge is -2.37. The molecule has 9 nitrogen and oxygen atoms in total. The van der Waals surface area contributed by atoms with E-state index in [0.29, 0.717) is 32.1 Å². The van der Waals surface area contributed by atoms with Crippen molar-refractivity contribution < 1.29 is 9.32 Å². The summed E-state index contributed by atoms with van der Waals surface area (Å²) >= 11 is 1.64. The summed E-state index contributed by atoms with van der Waals surface area (Å²) in [6.07, 6.45) is 1.40. The maximum atomic E-state index is 11.9. The quantitative estimate of drug-likeness (QED) is 0.469. The fourth-order valence-corrected chi connectivity index (χ4v) is 3.48. The van der Waals surface area contributed by atoms with Crippen molar-refractivity contribution in [1.82, 2.24) is 19.9 Å². The summed E-state index contributed by atoms with van der Waals surface area (Å²) in [4.78, 5) is 23.8. The summed E-state index contributed by atoms with van der Waals surface area (Å²) in [7, 11) is 0. The van der Waals surface area contributed by atoms with E-state index in [0.717, 1.165) is 4.88 Å². The molecule has 1 fully saturated rings. The zero-order valence-corrected chi connectivity index (χ0v) is 13.1. The zero-order chi connectivity index (χ0) is 16.1. The summed E-state index contributed by atoms with van der Waals surface area (Å²) in [5, 5.41) is 9.04. The lowest BCUT2D eigenvalue weighted by molar-refractivity contribution is -0.131. The summed E-state index contributed by atoms with van der Waals surface area (Å²) < 4.78 is 5.27. The molecule has 2 aromatic heterocycles. The van der Waals surface area contributed by atoms with Crippen LogP contribution in [0.5, 0.6) is 0 Å². The van der Waals surface area contributed by atoms with Crippen LogP contribution in [0.2, 0.25) is 0 Å². The Kier molecular flexibility index (Phi) is 4.86. The van der Waals surface area contributed by atoms with Gasteiger partial charge >= 0.3 is 0 Å². The number of piperazine rings is 1. The molecule has 0 N–H and O–H groups in total. The average molecular weight is 333 g/mol. The molecule has 0 spiro atoms. The minimum Gasteiger partial charge on any atom is -0.340 e. The van der Waals surface area contributed by atoms with Crippen LogP contribution in [0.3, 0.4) is 0 Å². The maximum Gasteiger partial charge on any atom is 0.249 e. The maximum absolute atomic E-state index is 11.9. The van der Waals surface area contributed by atoms with Gasteiger partial charge in [-0.2, -0.15) is 4.98 Å². The van der Waals surface area contributed by atoms with Crippen molar-refractivity contribution in [2.75, 3.05) is 32.7 Å². The fraction of sp³-hybridized carbons (Fsp3) is 0.462. The van der Waals surface area contributed by atoms with E-state index in [4.69, 9.17) is 10.1 Å². The van der Waals surface area contributed by atoms with Crippen molar-refractivity contribution in [2.45, 2.75) is 6.04 Å². The number of nitrogens with zero attached hydrogens (tertiary/aromatic N) is 7. The van der Waals surface area contributed by atoms with E-state index in [-0.39, 0.29) is 18.5 Å². The number of amides is 1. The first-order valence-corrected chi connectivity index (χ1v) is 8.00. The van der Waals surface area contributed by atoms with Crippen LogP contribution in [0.1, 0.15) is 16.8 Å². The highest BCUT2D eigenvalue weighted by Gasteiger charge is 2.31. The van der Waals surface area contributed by atoms with Crippen LogP contribution in [0, 0.1) is 0 Å². The van der Waals surface area contributed by atoms with Gasteiger partial charge in [-0.25, -0.2) is 0 Å². The molecule has 0 saturated carbocycles. The summed E-state index contributed by atoms with van der Waals surface area (Å²) in [6.45, 7) is 2.40. The normalized spacial score (nSPS) is 16.8. The predicted octanol–water partition coefficient (Wildman–Crippen LogP) is 1.68. The Morgan fingerprint density at radius 1 is 1.48 bits per heavy atom. The largest absolute Gasteiger partial charge is 0.340 e. The van der Waals surface area contributed by atoms with E-state index in [1.54, 1.807) is 16.2 Å². The molecule has 3 rings (SSSR count). The molecule has 120 valence electrons. The Morgan fingerprint density at radius 3 is 2.91 bits per heavy atom. The molecule has 1 aliphatic rings. The highest BCUT2D eigenvalue weighted by atomic mass is 32.1. The standard InChI is InChI=1S/C13H15N7O2S/c14-18-16-8-11(21)19-3-5-20(6-4-19)12(10-2-1-7-23-10)13-15-9-17-22-13/h1-2,7,9,12H,3-6,8H2. The van der Waals surface area contributed by atoms with Gasteiger partial charge in [-0.05, 0) is 17.0 Å². The van der Waals surface area contributed by atoms with Gasteiger partial charge in [0.2, 0.25) is 11.8 Å². The van der Waals surface area contributed by atoms with E-state index in [1.807, 2.05) is 17.5 Å². The smallest absolute Gasteiger partial charge is 0.249 e. The van der Waals surface area contributed by atoms with Crippen LogP contribution in [-0.4, -0.2) is 58.6 Å². The second-order valence-electron chi connectivity index (χ2n) is 5.00. The molecule has 23 heavy (non-hydrogen) atoms. The number of carbonyl (C=O) groups is 1. The number of thiophene rings is 1. The molecular weight excluding hydrogens is 318 g/mol. The molecule has 1 saturated heterocycles. The van der Waals surface area contributed by atoms with Crippen LogP contribution in [0.4, 0.5) is 0 Å². The first-order chi connectivity index (χ1) is 11.3. The van der Waals surface area contributed by atoms with Gasteiger partial charge in [-0.1, -0.05) is 16.3 Å². The highest BCUT2D eigenvalue weighted by molar-refractivity contribution is 7.10. The first kappa shape index (κ1) is 15.5. The molecule has 10 heteroatoms. The van der Waals surface area contributed by atoms with Crippen molar-refractivity contribution in [3.8, 4) is 0 Å². The van der Waals surface area contributed by atoms with Gasteiger partial charge in [0, 0.05) is 36.0 Å². The molecule has 2 aromatic rings. The van der Waals surface area contributed by atoms with Gasteiger partial charge in [0.05, 0.1) is 0 Å². The van der Waals surface area contributed by atoms with Gasteiger partial charge in [-0.15, -0.1) is 11.3 Å². The van der Waals surface area contributed by atoms with E-state index in [2.05, 4.69) is 25.1 Å². The van der Waals surface area contributed by atoms with Gasteiger partial charge < -0.3 is 9.42 Å². The van der Waals surface area contributed by atoms with Crippen LogP contribution >= 0.6 is 11.3 Å². The monoisotopic (exact) mass is 333 g/mol. The van der Waals surface area contributed by atoms with Crippen molar-refractivity contribution in [2.24, 2.45) is 5.11 Å². The van der Waals surface area contributed by atoms with Gasteiger partial charge in [0.25, 0.3) is 0 Å². The molecule has 1 unspecified atom stereocenters. The number of hydrogen-bond acceptors (Lipinski definition) is 7. The zero-order valence-electron chi connectivity index (χ0n) is 12.3. The summed E-state index contributed by atoms with van der Waals surface area (Å²) in [5.41, 5.74) is 8.30. The van der Waals surface area contributed by atoms with E-state index in [1.165, 1.54) is 6.33 Å². The summed E-state index contributed by atoms with van der Waals surface area (Å²) in [5.74, 6) is 0.411. The second-order valence-corrected chi connectivity index (χ2v) is 5.98. The number of rotatable bonds is 5. The molecular formula is C13H15N7O2S. The topological polar surface area (TPSA) is 111 Å². The van der Waals surface area contributed by atoms with Crippen molar-refractivity contribution >= 4 is 17.2 Å². The Labute approximate surface area is 136 Å². The molecule has 1 amide bonds. The minimum atomic E-state index is -0.145. The van der Waals surface area contributed by atoms with Gasteiger partial charge in [0.1, 0.15) is 12.6 Å². The van der Waals surface area contributed by atoms with Crippen molar-refractivity contribution in [3.05, 3.63) is 45.1 Å². The Bertz CT molecular complexity index is 639. The van der Waals surface area contributed by atoms with Gasteiger partial charge in [0.15, 0.2) is 6.33 Å². The highest BCUT2D eigenvalue weighted by Crippen LogP contribution is 2.31. The molecule has 0 radical (unpaired) electrons. The van der Waals surface area contributed by atoms with Crippen LogP contribution in [-0.2, 0) is 4.79 Å². The SMILES string of the molecule is [N-]=[N+]=NCC(=O)N1CCN(C(c2ncno2)c2cccs2)CC1. The minimum absolute atomic E-state index is 0.0909. The molecule has 0 aliphatic carbocycles. The van der Waals surface area contributed by atoms with Crippen LogP contribution < -0.4 is 0 Å². The fourth-order valence-electron chi connectivity index (χ4n) is 2.63. The number of hydrogen-bond donors (Lipinski definition) is 0. The molecule has 0 bridgehead atoms. The third kappa shape index (κ3) is 3.50. The molecule has 1 aliphatic heterocycles. The molecule has 1 atom stereocenters. The van der Waals surface area contributed by atoms with Crippen molar-refractivity contribution in [1.29, 1.82) is 0 Å². The van der Waals surface area contributed by atoms with E-state index >= 15 is 0 Å². The average Bonchev–Trinajstić information content (AvgIpc) is 3.28. The van der Waals surface area contributed by atoms with E-state index in [9.17, 15) is 4.79 Å². The lowest BCUT2D eigenvalue weighted by Crippen LogP contribution is -2.50. The first-order valence-electron chi connectivity index (χ1n) is 7.12. The molecule has 0 aromatic carbocycles. The van der Waals surface area contributed by atoms with Crippen LogP contribution in [0.15, 0.2) is 33.5 Å². The third-order valence-corrected chi connectivity index (χ3v) is 4.65. The number of carbonyl (C=O) groups excluding carboxylic acids is 1. The number of aromatic nitrogens is 2. The summed E-state index contributed by atoms with van der Waals surface area (Å²) in [6, 6.07) is 3.94. The Balaban J connectivity index is 1.69. The Hall–Kier alpha value is -2.42. The second kappa shape index (κ2) is 7.23. The lowest BCUT2D eigenvalue weighted by atomic mass is 10.1. The molecule has 3 heterocycles. The Morgan fingerprint density at radius 2 is 2.30 bits per heavy atom. The van der Waals surface area contributed by atoms with E-state index < -0.39 is 0 Å². The third-order valence-electron chi connectivity index (χ3n) is 3.73. The van der Waals surface area contributed by atoms with Crippen LogP contribution in [0.25, 0.3) is 10.4 Å². The predicted molar refractivity (Wildman–Crippen MR) is 82.6 cm³/mol. The number of azide groups is 1. The van der Waals surface area contributed by atoms with Crippen molar-refractivity contribution in [3.63, 3.8) is 0 Å².